The van der Waals surface area contributed by atoms with Crippen LogP contribution in [0.4, 0.5) is 5.69 Å². The molecule has 4 rings (SSSR count). The van der Waals surface area contributed by atoms with Crippen LogP contribution in [0.2, 0.25) is 10.0 Å². The number of fused-ring (bicyclic) bond motifs is 1. The number of carbonyl (C=O) groups is 2. The second kappa shape index (κ2) is 7.28. The number of anilines is 1. The fraction of sp³-hybridized carbons (Fsp3) is 0. The smallest absolute Gasteiger partial charge is 0.248 e. The third-order valence-corrected chi connectivity index (χ3v) is 5.14. The van der Waals surface area contributed by atoms with E-state index in [2.05, 4.69) is 0 Å². The highest BCUT2D eigenvalue weighted by Crippen LogP contribution is 2.34. The van der Waals surface area contributed by atoms with Crippen LogP contribution in [-0.2, 0) is 0 Å². The molecule has 0 fully saturated rings. The molecular weight excluding hydrogens is 411 g/mol. The number of nitrogen functional groups attached to an aromatic ring is 1. The topological polar surface area (TPSA) is 99.3 Å². The summed E-state index contributed by atoms with van der Waals surface area (Å²) in [7, 11) is 0. The molecule has 0 bridgehead atoms. The van der Waals surface area contributed by atoms with Gasteiger partial charge in [-0.15, -0.1) is 0 Å². The molecule has 1 amide bonds. The van der Waals surface area contributed by atoms with Crippen LogP contribution >= 0.6 is 23.2 Å². The van der Waals surface area contributed by atoms with Crippen molar-refractivity contribution in [1.29, 1.82) is 0 Å². The Hall–Kier alpha value is -3.28. The van der Waals surface area contributed by atoms with Gasteiger partial charge in [0.15, 0.2) is 5.76 Å². The molecule has 4 N–H and O–H groups in total. The van der Waals surface area contributed by atoms with Crippen molar-refractivity contribution in [3.05, 3.63) is 87.6 Å². The highest BCUT2D eigenvalue weighted by atomic mass is 35.5. The maximum Gasteiger partial charge on any atom is 0.248 e. The van der Waals surface area contributed by atoms with Crippen molar-refractivity contribution < 1.29 is 14.0 Å². The molecule has 0 aliphatic rings. The molecule has 0 saturated carbocycles. The highest BCUT2D eigenvalue weighted by Gasteiger charge is 2.22. The molecule has 0 saturated heterocycles. The zero-order valence-electron chi connectivity index (χ0n) is 14.9. The maximum atomic E-state index is 12.9. The number of ketones is 1. The van der Waals surface area contributed by atoms with E-state index in [1.807, 2.05) is 12.1 Å². The fourth-order valence-electron chi connectivity index (χ4n) is 3.11. The summed E-state index contributed by atoms with van der Waals surface area (Å²) >= 11 is 12.0. The summed E-state index contributed by atoms with van der Waals surface area (Å²) in [5, 5.41) is 1.24. The van der Waals surface area contributed by atoms with Crippen molar-refractivity contribution in [3.63, 3.8) is 0 Å². The number of primary amides is 1. The van der Waals surface area contributed by atoms with E-state index >= 15 is 0 Å². The lowest BCUT2D eigenvalue weighted by atomic mass is 10.0. The van der Waals surface area contributed by atoms with Gasteiger partial charge in [0.1, 0.15) is 5.58 Å². The van der Waals surface area contributed by atoms with Crippen molar-refractivity contribution >= 4 is 51.5 Å². The molecular formula is C22H14Cl2N2O3. The van der Waals surface area contributed by atoms with E-state index in [9.17, 15) is 9.59 Å². The summed E-state index contributed by atoms with van der Waals surface area (Å²) in [6.07, 6.45) is 0. The minimum Gasteiger partial charge on any atom is -0.450 e. The van der Waals surface area contributed by atoms with Crippen molar-refractivity contribution in [1.82, 2.24) is 0 Å². The van der Waals surface area contributed by atoms with Crippen LogP contribution in [0.5, 0.6) is 0 Å². The van der Waals surface area contributed by atoms with Crippen molar-refractivity contribution in [2.75, 3.05) is 5.73 Å². The van der Waals surface area contributed by atoms with Crippen molar-refractivity contribution in [2.45, 2.75) is 0 Å². The van der Waals surface area contributed by atoms with E-state index in [4.69, 9.17) is 39.1 Å². The predicted octanol–water partition coefficient (Wildman–Crippen LogP) is 5.32. The fourth-order valence-corrected chi connectivity index (χ4v) is 3.61. The lowest BCUT2D eigenvalue weighted by molar-refractivity contribution is 0.0996. The molecule has 0 unspecified atom stereocenters. The number of furan rings is 1. The van der Waals surface area contributed by atoms with Gasteiger partial charge >= 0.3 is 0 Å². The maximum absolute atomic E-state index is 12.9. The van der Waals surface area contributed by atoms with Gasteiger partial charge in [0.2, 0.25) is 11.7 Å². The summed E-state index contributed by atoms with van der Waals surface area (Å²) in [5.74, 6) is -0.937. The van der Waals surface area contributed by atoms with Gasteiger partial charge in [-0.25, -0.2) is 0 Å². The zero-order valence-corrected chi connectivity index (χ0v) is 16.4. The molecule has 5 nitrogen and oxygen atoms in total. The van der Waals surface area contributed by atoms with E-state index < -0.39 is 11.7 Å². The molecule has 29 heavy (non-hydrogen) atoms. The number of hydrogen-bond donors (Lipinski definition) is 2. The number of hydrogen-bond acceptors (Lipinski definition) is 4. The first-order chi connectivity index (χ1) is 13.8. The normalized spacial score (nSPS) is 11.0. The molecule has 144 valence electrons. The minimum absolute atomic E-state index is 0.00672. The van der Waals surface area contributed by atoms with E-state index in [0.717, 1.165) is 11.1 Å². The molecule has 1 aromatic heterocycles. The van der Waals surface area contributed by atoms with E-state index in [-0.39, 0.29) is 22.0 Å². The molecule has 0 atom stereocenters. The average Bonchev–Trinajstić information content (AvgIpc) is 3.03. The highest BCUT2D eigenvalue weighted by molar-refractivity contribution is 6.37. The minimum atomic E-state index is -0.511. The summed E-state index contributed by atoms with van der Waals surface area (Å²) < 4.78 is 5.78. The quantitative estimate of drug-likeness (QED) is 0.433. The first-order valence-corrected chi connectivity index (χ1v) is 9.33. The van der Waals surface area contributed by atoms with Crippen LogP contribution in [0, 0.1) is 0 Å². The second-order valence-electron chi connectivity index (χ2n) is 6.45. The third kappa shape index (κ3) is 3.46. The van der Waals surface area contributed by atoms with Gasteiger partial charge in [-0.1, -0.05) is 41.4 Å². The Bertz CT molecular complexity index is 1290. The van der Waals surface area contributed by atoms with Crippen LogP contribution in [-0.4, -0.2) is 11.7 Å². The average molecular weight is 425 g/mol. The zero-order chi connectivity index (χ0) is 20.7. The van der Waals surface area contributed by atoms with Crippen molar-refractivity contribution in [2.24, 2.45) is 5.73 Å². The summed E-state index contributed by atoms with van der Waals surface area (Å²) in [6.45, 7) is 0. The predicted molar refractivity (Wildman–Crippen MR) is 114 cm³/mol. The van der Waals surface area contributed by atoms with Crippen LogP contribution in [0.1, 0.15) is 26.5 Å². The van der Waals surface area contributed by atoms with Gasteiger partial charge in [0.05, 0.1) is 10.7 Å². The van der Waals surface area contributed by atoms with E-state index in [0.29, 0.717) is 21.6 Å². The summed E-state index contributed by atoms with van der Waals surface area (Å²) in [5.41, 5.74) is 14.4. The molecule has 4 aromatic rings. The SMILES string of the molecule is NC(=O)c1cccc(-c2ccc3c(N)c(C(=O)c4ccc(Cl)cc4Cl)oc3c2)c1. The van der Waals surface area contributed by atoms with Gasteiger partial charge in [0, 0.05) is 21.5 Å². The standard InChI is InChI=1S/C22H14Cl2N2O3/c23-14-5-7-15(17(24)10-14)20(27)21-19(25)16-6-4-12(9-18(16)29-21)11-2-1-3-13(8-11)22(26)28/h1-10H,25H2,(H2,26,28). The Morgan fingerprint density at radius 2 is 1.66 bits per heavy atom. The van der Waals surface area contributed by atoms with Crippen molar-refractivity contribution in [3.8, 4) is 11.1 Å². The van der Waals surface area contributed by atoms with Gasteiger partial charge in [-0.05, 0) is 53.6 Å². The molecule has 7 heteroatoms. The Balaban J connectivity index is 1.79. The van der Waals surface area contributed by atoms with Gasteiger partial charge in [-0.2, -0.15) is 0 Å². The third-order valence-electron chi connectivity index (χ3n) is 4.59. The Kier molecular flexibility index (Phi) is 4.78. The van der Waals surface area contributed by atoms with Crippen LogP contribution in [0.25, 0.3) is 22.1 Å². The van der Waals surface area contributed by atoms with Crippen LogP contribution in [0.15, 0.2) is 65.1 Å². The Labute approximate surface area is 175 Å². The first-order valence-electron chi connectivity index (χ1n) is 8.57. The lowest BCUT2D eigenvalue weighted by Crippen LogP contribution is -2.10. The number of rotatable bonds is 4. The number of amides is 1. The summed E-state index contributed by atoms with van der Waals surface area (Å²) in [6, 6.07) is 16.9. The van der Waals surface area contributed by atoms with Gasteiger partial charge < -0.3 is 15.9 Å². The Morgan fingerprint density at radius 3 is 2.38 bits per heavy atom. The summed E-state index contributed by atoms with van der Waals surface area (Å²) in [4.78, 5) is 24.3. The van der Waals surface area contributed by atoms with E-state index in [1.165, 1.54) is 12.1 Å². The molecule has 0 radical (unpaired) electrons. The Morgan fingerprint density at radius 1 is 0.897 bits per heavy atom. The second-order valence-corrected chi connectivity index (χ2v) is 7.30. The molecule has 3 aromatic carbocycles. The lowest BCUT2D eigenvalue weighted by Gasteiger charge is -2.03. The van der Waals surface area contributed by atoms with Crippen LogP contribution in [0.3, 0.4) is 0 Å². The van der Waals surface area contributed by atoms with Crippen LogP contribution < -0.4 is 11.5 Å². The molecule has 1 heterocycles. The molecule has 0 aliphatic carbocycles. The molecule has 0 spiro atoms. The number of nitrogens with two attached hydrogens (primary N) is 2. The number of halogens is 2. The molecule has 0 aliphatic heterocycles. The number of carbonyl (C=O) groups excluding carboxylic acids is 2. The monoisotopic (exact) mass is 424 g/mol. The van der Waals surface area contributed by atoms with Gasteiger partial charge in [-0.3, -0.25) is 9.59 Å². The van der Waals surface area contributed by atoms with Gasteiger partial charge in [0.25, 0.3) is 0 Å². The largest absolute Gasteiger partial charge is 0.450 e. The number of benzene rings is 3. The first kappa shape index (κ1) is 19.1. The van der Waals surface area contributed by atoms with E-state index in [1.54, 1.807) is 36.4 Å².